The highest BCUT2D eigenvalue weighted by atomic mass is 15.3. The van der Waals surface area contributed by atoms with Gasteiger partial charge in [-0.3, -0.25) is 4.40 Å². The summed E-state index contributed by atoms with van der Waals surface area (Å²) >= 11 is 0. The Hall–Kier alpha value is -1.69. The van der Waals surface area contributed by atoms with Crippen molar-refractivity contribution in [2.75, 3.05) is 18.4 Å². The molecule has 0 radical (unpaired) electrons. The van der Waals surface area contributed by atoms with Crippen molar-refractivity contribution in [3.63, 3.8) is 0 Å². The minimum atomic E-state index is 0.137. The molecule has 3 N–H and O–H groups in total. The van der Waals surface area contributed by atoms with E-state index in [9.17, 15) is 0 Å². The van der Waals surface area contributed by atoms with Crippen molar-refractivity contribution < 1.29 is 0 Å². The van der Waals surface area contributed by atoms with Gasteiger partial charge in [0.25, 0.3) is 0 Å². The van der Waals surface area contributed by atoms with Gasteiger partial charge in [0.15, 0.2) is 5.82 Å². The van der Waals surface area contributed by atoms with Crippen LogP contribution >= 0.6 is 0 Å². The Morgan fingerprint density at radius 2 is 2.17 bits per heavy atom. The zero-order valence-corrected chi connectivity index (χ0v) is 11.1. The van der Waals surface area contributed by atoms with Crippen LogP contribution in [0.15, 0.2) is 12.4 Å². The maximum absolute atomic E-state index is 5.61. The fourth-order valence-electron chi connectivity index (χ4n) is 1.87. The third-order valence-corrected chi connectivity index (χ3v) is 3.05. The first-order chi connectivity index (χ1) is 8.53. The normalized spacial score (nSPS) is 12.0. The summed E-state index contributed by atoms with van der Waals surface area (Å²) in [5.41, 5.74) is 6.51. The van der Waals surface area contributed by atoms with Gasteiger partial charge in [-0.1, -0.05) is 13.8 Å². The SMILES string of the molecule is Cc1nnc2c(NCC(C)(C)CCN)nccn12. The van der Waals surface area contributed by atoms with Crippen molar-refractivity contribution in [2.24, 2.45) is 11.1 Å². The quantitative estimate of drug-likeness (QED) is 0.831. The second-order valence-electron chi connectivity index (χ2n) is 5.27. The largest absolute Gasteiger partial charge is 0.366 e. The van der Waals surface area contributed by atoms with Crippen LogP contribution in [0, 0.1) is 12.3 Å². The first-order valence-corrected chi connectivity index (χ1v) is 6.14. The van der Waals surface area contributed by atoms with Gasteiger partial charge >= 0.3 is 0 Å². The van der Waals surface area contributed by atoms with Crippen molar-refractivity contribution in [2.45, 2.75) is 27.2 Å². The van der Waals surface area contributed by atoms with Crippen molar-refractivity contribution in [1.29, 1.82) is 0 Å². The van der Waals surface area contributed by atoms with Gasteiger partial charge in [0, 0.05) is 18.9 Å². The lowest BCUT2D eigenvalue weighted by atomic mass is 9.89. The first-order valence-electron chi connectivity index (χ1n) is 6.14. The van der Waals surface area contributed by atoms with Gasteiger partial charge in [0.2, 0.25) is 5.65 Å². The minimum absolute atomic E-state index is 0.137. The molecule has 2 heterocycles. The maximum Gasteiger partial charge on any atom is 0.203 e. The summed E-state index contributed by atoms with van der Waals surface area (Å²) in [5, 5.41) is 11.5. The van der Waals surface area contributed by atoms with Crippen molar-refractivity contribution >= 4 is 11.5 Å². The van der Waals surface area contributed by atoms with Gasteiger partial charge in [-0.15, -0.1) is 10.2 Å². The van der Waals surface area contributed by atoms with Gasteiger partial charge in [0.05, 0.1) is 0 Å². The molecular formula is C12H20N6. The van der Waals surface area contributed by atoms with E-state index >= 15 is 0 Å². The van der Waals surface area contributed by atoms with Gasteiger partial charge in [0.1, 0.15) is 5.82 Å². The Kier molecular flexibility index (Phi) is 3.47. The zero-order chi connectivity index (χ0) is 13.2. The van der Waals surface area contributed by atoms with Crippen molar-refractivity contribution in [1.82, 2.24) is 19.6 Å². The molecular weight excluding hydrogens is 228 g/mol. The van der Waals surface area contributed by atoms with Crippen LogP contribution in [0.4, 0.5) is 5.82 Å². The number of fused-ring (bicyclic) bond motifs is 1. The molecule has 18 heavy (non-hydrogen) atoms. The lowest BCUT2D eigenvalue weighted by Crippen LogP contribution is -2.26. The second kappa shape index (κ2) is 4.89. The molecule has 0 aliphatic carbocycles. The van der Waals surface area contributed by atoms with Crippen LogP contribution in [0.5, 0.6) is 0 Å². The first kappa shape index (κ1) is 12.8. The summed E-state index contributed by atoms with van der Waals surface area (Å²) in [4.78, 5) is 4.32. The Balaban J connectivity index is 2.17. The molecule has 6 heteroatoms. The van der Waals surface area contributed by atoms with Crippen LogP contribution in [0.2, 0.25) is 0 Å². The topological polar surface area (TPSA) is 81.1 Å². The van der Waals surface area contributed by atoms with Crippen LogP contribution < -0.4 is 11.1 Å². The van der Waals surface area contributed by atoms with Crippen LogP contribution in [0.1, 0.15) is 26.1 Å². The number of nitrogens with one attached hydrogen (secondary N) is 1. The average Bonchev–Trinajstić information content (AvgIpc) is 2.69. The van der Waals surface area contributed by atoms with E-state index in [2.05, 4.69) is 34.3 Å². The maximum atomic E-state index is 5.61. The number of aryl methyl sites for hydroxylation is 1. The number of rotatable bonds is 5. The Morgan fingerprint density at radius 1 is 1.39 bits per heavy atom. The molecule has 0 unspecified atom stereocenters. The van der Waals surface area contributed by atoms with Gasteiger partial charge in [-0.05, 0) is 25.3 Å². The lowest BCUT2D eigenvalue weighted by Gasteiger charge is -2.24. The van der Waals surface area contributed by atoms with Crippen molar-refractivity contribution in [3.8, 4) is 0 Å². The van der Waals surface area contributed by atoms with E-state index in [-0.39, 0.29) is 5.41 Å². The van der Waals surface area contributed by atoms with Crippen LogP contribution in [-0.4, -0.2) is 32.7 Å². The van der Waals surface area contributed by atoms with E-state index in [1.54, 1.807) is 6.20 Å². The van der Waals surface area contributed by atoms with E-state index in [4.69, 9.17) is 5.73 Å². The molecule has 2 aromatic rings. The van der Waals surface area contributed by atoms with Gasteiger partial charge in [-0.25, -0.2) is 4.98 Å². The molecule has 0 aliphatic heterocycles. The molecule has 0 spiro atoms. The number of hydrogen-bond donors (Lipinski definition) is 2. The Labute approximate surface area is 107 Å². The molecule has 98 valence electrons. The van der Waals surface area contributed by atoms with E-state index in [1.807, 2.05) is 17.5 Å². The Morgan fingerprint density at radius 3 is 2.89 bits per heavy atom. The van der Waals surface area contributed by atoms with E-state index < -0.39 is 0 Å². The summed E-state index contributed by atoms with van der Waals surface area (Å²) in [5.74, 6) is 1.62. The zero-order valence-electron chi connectivity index (χ0n) is 11.1. The highest BCUT2D eigenvalue weighted by Crippen LogP contribution is 2.21. The number of aromatic nitrogens is 4. The standard InChI is InChI=1S/C12H20N6/c1-9-16-17-11-10(14-6-7-18(9)11)15-8-12(2,3)4-5-13/h6-7H,4-5,8,13H2,1-3H3,(H,14,15). The third kappa shape index (κ3) is 2.59. The van der Waals surface area contributed by atoms with Gasteiger partial charge < -0.3 is 11.1 Å². The number of anilines is 1. The average molecular weight is 248 g/mol. The molecule has 2 rings (SSSR count). The lowest BCUT2D eigenvalue weighted by molar-refractivity contribution is 0.365. The molecule has 0 atom stereocenters. The number of nitrogens with zero attached hydrogens (tertiary/aromatic N) is 4. The summed E-state index contributed by atoms with van der Waals surface area (Å²) in [6, 6.07) is 0. The summed E-state index contributed by atoms with van der Waals surface area (Å²) < 4.78 is 1.92. The fraction of sp³-hybridized carbons (Fsp3) is 0.583. The Bertz CT molecular complexity index is 530. The van der Waals surface area contributed by atoms with Gasteiger partial charge in [-0.2, -0.15) is 0 Å². The molecule has 0 aliphatic rings. The van der Waals surface area contributed by atoms with Crippen LogP contribution in [0.25, 0.3) is 5.65 Å². The van der Waals surface area contributed by atoms with Crippen molar-refractivity contribution in [3.05, 3.63) is 18.2 Å². The third-order valence-electron chi connectivity index (χ3n) is 3.05. The molecule has 0 saturated heterocycles. The molecule has 0 aromatic carbocycles. The second-order valence-corrected chi connectivity index (χ2v) is 5.27. The molecule has 2 aromatic heterocycles. The van der Waals surface area contributed by atoms with E-state index in [0.717, 1.165) is 30.3 Å². The molecule has 0 amide bonds. The monoisotopic (exact) mass is 248 g/mol. The molecule has 0 bridgehead atoms. The van der Waals surface area contributed by atoms with Crippen LogP contribution in [0.3, 0.4) is 0 Å². The highest BCUT2D eigenvalue weighted by molar-refractivity contribution is 5.61. The summed E-state index contributed by atoms with van der Waals surface area (Å²) in [6.07, 6.45) is 4.58. The predicted molar refractivity (Wildman–Crippen MR) is 71.5 cm³/mol. The van der Waals surface area contributed by atoms with E-state index in [1.165, 1.54) is 0 Å². The fourth-order valence-corrected chi connectivity index (χ4v) is 1.87. The molecule has 6 nitrogen and oxygen atoms in total. The number of nitrogens with two attached hydrogens (primary N) is 1. The molecule has 0 fully saturated rings. The predicted octanol–water partition coefficient (Wildman–Crippen LogP) is 1.22. The number of hydrogen-bond acceptors (Lipinski definition) is 5. The molecule has 0 saturated carbocycles. The highest BCUT2D eigenvalue weighted by Gasteiger charge is 2.17. The smallest absolute Gasteiger partial charge is 0.203 e. The van der Waals surface area contributed by atoms with E-state index in [0.29, 0.717) is 6.54 Å². The summed E-state index contributed by atoms with van der Waals surface area (Å²) in [6.45, 7) is 7.78. The van der Waals surface area contributed by atoms with Crippen LogP contribution in [-0.2, 0) is 0 Å². The minimum Gasteiger partial charge on any atom is -0.366 e. The summed E-state index contributed by atoms with van der Waals surface area (Å²) in [7, 11) is 0.